The van der Waals surface area contributed by atoms with Crippen molar-refractivity contribution in [3.05, 3.63) is 34.6 Å². The van der Waals surface area contributed by atoms with Crippen molar-refractivity contribution in [1.82, 2.24) is 5.32 Å². The molecule has 1 saturated carbocycles. The molecular weight excluding hydrogens is 243 g/mol. The number of nitrogens with two attached hydrogens (primary N) is 1. The second-order valence-electron chi connectivity index (χ2n) is 4.28. The fourth-order valence-electron chi connectivity index (χ4n) is 1.79. The lowest BCUT2D eigenvalue weighted by molar-refractivity contribution is 0.0929. The van der Waals surface area contributed by atoms with Crippen LogP contribution in [0.5, 0.6) is 0 Å². The molecule has 17 heavy (non-hydrogen) atoms. The Morgan fingerprint density at radius 1 is 1.59 bits per heavy atom. The maximum atomic E-state index is 13.5. The summed E-state index contributed by atoms with van der Waals surface area (Å²) in [5.41, 5.74) is 5.58. The number of carbonyl (C=O) groups excluding carboxylic acids is 1. The molecule has 5 heteroatoms. The molecule has 0 radical (unpaired) electrons. The summed E-state index contributed by atoms with van der Waals surface area (Å²) in [5.74, 6) is -0.595. The van der Waals surface area contributed by atoms with E-state index in [2.05, 4.69) is 5.32 Å². The molecule has 0 aromatic heterocycles. The van der Waals surface area contributed by atoms with Crippen LogP contribution in [0.3, 0.4) is 0 Å². The topological polar surface area (TPSA) is 55.1 Å². The molecule has 1 aromatic rings. The fourth-order valence-corrected chi connectivity index (χ4v) is 1.95. The minimum atomic E-state index is -0.610. The van der Waals surface area contributed by atoms with Crippen molar-refractivity contribution in [3.63, 3.8) is 0 Å². The smallest absolute Gasteiger partial charge is 0.254 e. The molecule has 0 saturated heterocycles. The van der Waals surface area contributed by atoms with E-state index in [4.69, 9.17) is 17.3 Å². The third-order valence-corrected chi connectivity index (χ3v) is 3.17. The van der Waals surface area contributed by atoms with E-state index < -0.39 is 11.7 Å². The zero-order chi connectivity index (χ0) is 12.4. The van der Waals surface area contributed by atoms with Crippen molar-refractivity contribution in [2.45, 2.75) is 18.9 Å². The van der Waals surface area contributed by atoms with Crippen LogP contribution in [0.4, 0.5) is 4.39 Å². The summed E-state index contributed by atoms with van der Waals surface area (Å²) >= 11 is 5.62. The van der Waals surface area contributed by atoms with Crippen molar-refractivity contribution in [2.24, 2.45) is 11.7 Å². The molecule has 1 atom stereocenters. The minimum Gasteiger partial charge on any atom is -0.348 e. The predicted octanol–water partition coefficient (Wildman–Crippen LogP) is 1.95. The Morgan fingerprint density at radius 2 is 2.29 bits per heavy atom. The summed E-state index contributed by atoms with van der Waals surface area (Å²) in [6.45, 7) is 0.381. The van der Waals surface area contributed by atoms with Gasteiger partial charge < -0.3 is 11.1 Å². The number of hydrogen-bond acceptors (Lipinski definition) is 2. The second-order valence-corrected chi connectivity index (χ2v) is 4.71. The zero-order valence-electron chi connectivity index (χ0n) is 9.25. The summed E-state index contributed by atoms with van der Waals surface area (Å²) < 4.78 is 13.5. The molecule has 1 aliphatic rings. The molecule has 1 amide bonds. The Balaban J connectivity index is 2.08. The first-order chi connectivity index (χ1) is 8.11. The Labute approximate surface area is 104 Å². The Morgan fingerprint density at radius 3 is 2.82 bits per heavy atom. The number of rotatable bonds is 4. The lowest BCUT2D eigenvalue weighted by atomic mass is 10.1. The lowest BCUT2D eigenvalue weighted by Crippen LogP contribution is -2.42. The molecule has 1 aliphatic carbocycles. The van der Waals surface area contributed by atoms with Crippen LogP contribution in [0.2, 0.25) is 5.02 Å². The molecule has 1 aromatic carbocycles. The van der Waals surface area contributed by atoms with Crippen LogP contribution >= 0.6 is 11.6 Å². The van der Waals surface area contributed by atoms with Gasteiger partial charge in [-0.1, -0.05) is 11.6 Å². The first-order valence-electron chi connectivity index (χ1n) is 5.58. The van der Waals surface area contributed by atoms with E-state index in [1.54, 1.807) is 0 Å². The van der Waals surface area contributed by atoms with Crippen LogP contribution in [0.25, 0.3) is 0 Å². The van der Waals surface area contributed by atoms with Crippen LogP contribution in [-0.4, -0.2) is 18.5 Å². The first kappa shape index (κ1) is 12.3. The molecule has 3 nitrogen and oxygen atoms in total. The Kier molecular flexibility index (Phi) is 3.64. The molecule has 2 rings (SSSR count). The van der Waals surface area contributed by atoms with Crippen molar-refractivity contribution in [2.75, 3.05) is 6.54 Å². The maximum Gasteiger partial charge on any atom is 0.254 e. The molecule has 1 unspecified atom stereocenters. The molecule has 92 valence electrons. The number of benzene rings is 1. The molecule has 1 fully saturated rings. The maximum absolute atomic E-state index is 13.5. The standard InChI is InChI=1S/C12H14ClFN2O/c13-8-3-4-9(10(14)5-8)12(17)16-11(6-15)7-1-2-7/h3-5,7,11H,1-2,6,15H2,(H,16,17). The van der Waals surface area contributed by atoms with Crippen molar-refractivity contribution in [1.29, 1.82) is 0 Å². The van der Waals surface area contributed by atoms with E-state index in [1.165, 1.54) is 12.1 Å². The van der Waals surface area contributed by atoms with Gasteiger partial charge in [0.25, 0.3) is 5.91 Å². The fraction of sp³-hybridized carbons (Fsp3) is 0.417. The normalized spacial score (nSPS) is 16.6. The van der Waals surface area contributed by atoms with Gasteiger partial charge in [-0.15, -0.1) is 0 Å². The quantitative estimate of drug-likeness (QED) is 0.865. The molecule has 3 N–H and O–H groups in total. The van der Waals surface area contributed by atoms with Crippen molar-refractivity contribution in [3.8, 4) is 0 Å². The van der Waals surface area contributed by atoms with Crippen LogP contribution in [0.15, 0.2) is 18.2 Å². The van der Waals surface area contributed by atoms with Crippen LogP contribution < -0.4 is 11.1 Å². The van der Waals surface area contributed by atoms with Crippen LogP contribution in [0.1, 0.15) is 23.2 Å². The van der Waals surface area contributed by atoms with Gasteiger partial charge in [0.15, 0.2) is 0 Å². The van der Waals surface area contributed by atoms with E-state index in [0.29, 0.717) is 12.5 Å². The summed E-state index contributed by atoms with van der Waals surface area (Å²) in [5, 5.41) is 3.03. The summed E-state index contributed by atoms with van der Waals surface area (Å²) in [6, 6.07) is 3.95. The van der Waals surface area contributed by atoms with E-state index in [0.717, 1.165) is 18.9 Å². The summed E-state index contributed by atoms with van der Waals surface area (Å²) in [7, 11) is 0. The van der Waals surface area contributed by atoms with Gasteiger partial charge in [-0.05, 0) is 37.0 Å². The highest BCUT2D eigenvalue weighted by molar-refractivity contribution is 6.30. The van der Waals surface area contributed by atoms with Gasteiger partial charge in [0.1, 0.15) is 5.82 Å². The summed E-state index contributed by atoms with van der Waals surface area (Å²) in [6.07, 6.45) is 2.15. The van der Waals surface area contributed by atoms with E-state index in [9.17, 15) is 9.18 Å². The minimum absolute atomic E-state index is 0.00787. The van der Waals surface area contributed by atoms with Gasteiger partial charge in [0, 0.05) is 17.6 Å². The first-order valence-corrected chi connectivity index (χ1v) is 5.95. The zero-order valence-corrected chi connectivity index (χ0v) is 10.0. The second kappa shape index (κ2) is 5.02. The highest BCUT2D eigenvalue weighted by atomic mass is 35.5. The number of amides is 1. The van der Waals surface area contributed by atoms with E-state index >= 15 is 0 Å². The highest BCUT2D eigenvalue weighted by Crippen LogP contribution is 2.32. The van der Waals surface area contributed by atoms with Gasteiger partial charge in [-0.3, -0.25) is 4.79 Å². The Bertz CT molecular complexity index is 435. The number of carbonyl (C=O) groups is 1. The van der Waals surface area contributed by atoms with Crippen LogP contribution in [0, 0.1) is 11.7 Å². The third kappa shape index (κ3) is 2.96. The molecular formula is C12H14ClFN2O. The van der Waals surface area contributed by atoms with Crippen LogP contribution in [-0.2, 0) is 0 Å². The number of halogens is 2. The average Bonchev–Trinajstić information content (AvgIpc) is 3.09. The van der Waals surface area contributed by atoms with Gasteiger partial charge >= 0.3 is 0 Å². The van der Waals surface area contributed by atoms with Gasteiger partial charge in [-0.25, -0.2) is 4.39 Å². The van der Waals surface area contributed by atoms with Gasteiger partial charge in [0.05, 0.1) is 5.56 Å². The van der Waals surface area contributed by atoms with Gasteiger partial charge in [0.2, 0.25) is 0 Å². The van der Waals surface area contributed by atoms with E-state index in [-0.39, 0.29) is 16.6 Å². The van der Waals surface area contributed by atoms with Gasteiger partial charge in [-0.2, -0.15) is 0 Å². The Hall–Kier alpha value is -1.13. The van der Waals surface area contributed by atoms with Crippen molar-refractivity contribution >= 4 is 17.5 Å². The third-order valence-electron chi connectivity index (χ3n) is 2.94. The SMILES string of the molecule is NCC(NC(=O)c1ccc(Cl)cc1F)C1CC1. The monoisotopic (exact) mass is 256 g/mol. The van der Waals surface area contributed by atoms with E-state index in [1.807, 2.05) is 0 Å². The average molecular weight is 257 g/mol. The predicted molar refractivity (Wildman–Crippen MR) is 64.4 cm³/mol. The highest BCUT2D eigenvalue weighted by Gasteiger charge is 2.31. The van der Waals surface area contributed by atoms with Crippen molar-refractivity contribution < 1.29 is 9.18 Å². The molecule has 0 heterocycles. The molecule has 0 spiro atoms. The largest absolute Gasteiger partial charge is 0.348 e. The molecule has 0 aliphatic heterocycles. The number of nitrogens with one attached hydrogen (secondary N) is 1. The molecule has 0 bridgehead atoms. The number of hydrogen-bond donors (Lipinski definition) is 2. The summed E-state index contributed by atoms with van der Waals surface area (Å²) in [4.78, 5) is 11.8. The lowest BCUT2D eigenvalue weighted by Gasteiger charge is -2.16.